The van der Waals surface area contributed by atoms with Crippen molar-refractivity contribution in [2.75, 3.05) is 4.90 Å². The normalized spacial score (nSPS) is 12.9. The van der Waals surface area contributed by atoms with E-state index in [2.05, 4.69) is 170 Å². The molecule has 1 aliphatic rings. The Labute approximate surface area is 237 Å². The first-order valence-corrected chi connectivity index (χ1v) is 14.0. The van der Waals surface area contributed by atoms with Gasteiger partial charge in [-0.2, -0.15) is 0 Å². The zero-order valence-electron chi connectivity index (χ0n) is 22.9. The molecule has 0 radical (unpaired) electrons. The molecule has 1 nitrogen and oxygen atoms in total. The minimum Gasteiger partial charge on any atom is -0.310 e. The summed E-state index contributed by atoms with van der Waals surface area (Å²) >= 11 is 0. The first kappa shape index (κ1) is 24.2. The fourth-order valence-corrected chi connectivity index (χ4v) is 6.24. The molecule has 6 aromatic carbocycles. The van der Waals surface area contributed by atoms with Crippen molar-refractivity contribution in [3.63, 3.8) is 0 Å². The van der Waals surface area contributed by atoms with Crippen LogP contribution in [0.1, 0.15) is 25.0 Å². The number of nitrogens with zero attached hydrogens (tertiary/aromatic N) is 1. The Kier molecular flexibility index (Phi) is 5.86. The molecule has 0 aliphatic heterocycles. The van der Waals surface area contributed by atoms with Gasteiger partial charge in [0.05, 0.1) is 5.69 Å². The second-order valence-electron chi connectivity index (χ2n) is 11.0. The Morgan fingerprint density at radius 1 is 0.425 bits per heavy atom. The Morgan fingerprint density at radius 2 is 0.975 bits per heavy atom. The molecule has 0 unspecified atom stereocenters. The average molecular weight is 514 g/mol. The molecular formula is C39H31N. The van der Waals surface area contributed by atoms with E-state index >= 15 is 0 Å². The van der Waals surface area contributed by atoms with Crippen LogP contribution in [0.5, 0.6) is 0 Å². The van der Waals surface area contributed by atoms with E-state index in [1.54, 1.807) is 0 Å². The monoisotopic (exact) mass is 513 g/mol. The number of hydrogen-bond acceptors (Lipinski definition) is 1. The largest absolute Gasteiger partial charge is 0.310 e. The molecule has 40 heavy (non-hydrogen) atoms. The molecular weight excluding hydrogens is 482 g/mol. The van der Waals surface area contributed by atoms with Crippen molar-refractivity contribution in [2.45, 2.75) is 19.3 Å². The van der Waals surface area contributed by atoms with Crippen molar-refractivity contribution < 1.29 is 0 Å². The number of anilines is 3. The Morgan fingerprint density at radius 3 is 1.70 bits per heavy atom. The van der Waals surface area contributed by atoms with Crippen LogP contribution in [-0.2, 0) is 5.41 Å². The van der Waals surface area contributed by atoms with Crippen LogP contribution in [0.4, 0.5) is 17.1 Å². The van der Waals surface area contributed by atoms with Crippen molar-refractivity contribution in [2.24, 2.45) is 0 Å². The third kappa shape index (κ3) is 4.03. The highest BCUT2D eigenvalue weighted by Gasteiger charge is 2.37. The lowest BCUT2D eigenvalue weighted by atomic mass is 9.82. The molecule has 0 fully saturated rings. The van der Waals surface area contributed by atoms with Gasteiger partial charge in [0.15, 0.2) is 0 Å². The molecule has 0 amide bonds. The summed E-state index contributed by atoms with van der Waals surface area (Å²) in [5.41, 5.74) is 13.7. The highest BCUT2D eigenvalue weighted by atomic mass is 15.1. The molecule has 1 aliphatic carbocycles. The predicted molar refractivity (Wildman–Crippen MR) is 170 cm³/mol. The first-order valence-electron chi connectivity index (χ1n) is 14.0. The highest BCUT2D eigenvalue weighted by Crippen LogP contribution is 2.54. The minimum atomic E-state index is -0.0589. The van der Waals surface area contributed by atoms with Crippen LogP contribution in [0.25, 0.3) is 33.4 Å². The molecule has 0 atom stereocenters. The molecule has 0 N–H and O–H groups in total. The summed E-state index contributed by atoms with van der Waals surface area (Å²) in [4.78, 5) is 2.43. The fourth-order valence-electron chi connectivity index (χ4n) is 6.24. The van der Waals surface area contributed by atoms with Gasteiger partial charge in [-0.1, -0.05) is 135 Å². The quantitative estimate of drug-likeness (QED) is 0.222. The third-order valence-electron chi connectivity index (χ3n) is 8.27. The van der Waals surface area contributed by atoms with Crippen LogP contribution >= 0.6 is 0 Å². The summed E-state index contributed by atoms with van der Waals surface area (Å²) in [7, 11) is 0. The van der Waals surface area contributed by atoms with E-state index in [1.165, 1.54) is 50.2 Å². The van der Waals surface area contributed by atoms with Crippen LogP contribution in [0.2, 0.25) is 0 Å². The maximum Gasteiger partial charge on any atom is 0.0543 e. The first-order chi connectivity index (χ1) is 19.6. The van der Waals surface area contributed by atoms with Gasteiger partial charge >= 0.3 is 0 Å². The van der Waals surface area contributed by atoms with Crippen molar-refractivity contribution in [3.8, 4) is 33.4 Å². The average Bonchev–Trinajstić information content (AvgIpc) is 3.26. The number of fused-ring (bicyclic) bond motifs is 3. The van der Waals surface area contributed by atoms with Gasteiger partial charge in [-0.25, -0.2) is 0 Å². The van der Waals surface area contributed by atoms with Crippen LogP contribution in [0.3, 0.4) is 0 Å². The van der Waals surface area contributed by atoms with Gasteiger partial charge in [-0.3, -0.25) is 0 Å². The van der Waals surface area contributed by atoms with Gasteiger partial charge in [0.2, 0.25) is 0 Å². The Balaban J connectivity index is 1.44. The van der Waals surface area contributed by atoms with E-state index < -0.39 is 0 Å². The Bertz CT molecular complexity index is 1800. The SMILES string of the molecule is CC1(C)c2ccccc2-c2c(N(c3ccc(-c4ccccc4)cc3)c3cccc(-c4ccccc4)c3)cccc21. The molecule has 6 aromatic rings. The molecule has 0 heterocycles. The molecule has 0 aromatic heterocycles. The molecule has 0 saturated heterocycles. The minimum absolute atomic E-state index is 0.0589. The van der Waals surface area contributed by atoms with Gasteiger partial charge in [0, 0.05) is 22.4 Å². The van der Waals surface area contributed by atoms with Crippen LogP contribution in [0, 0.1) is 0 Å². The molecule has 0 saturated carbocycles. The lowest BCUT2D eigenvalue weighted by Gasteiger charge is -2.29. The van der Waals surface area contributed by atoms with Gasteiger partial charge < -0.3 is 4.90 Å². The van der Waals surface area contributed by atoms with Crippen molar-refractivity contribution >= 4 is 17.1 Å². The smallest absolute Gasteiger partial charge is 0.0543 e. The van der Waals surface area contributed by atoms with Crippen molar-refractivity contribution in [3.05, 3.63) is 163 Å². The van der Waals surface area contributed by atoms with Gasteiger partial charge in [-0.05, 0) is 69.3 Å². The summed E-state index contributed by atoms with van der Waals surface area (Å²) in [5.74, 6) is 0. The predicted octanol–water partition coefficient (Wildman–Crippen LogP) is 10.8. The van der Waals surface area contributed by atoms with E-state index in [1.807, 2.05) is 0 Å². The van der Waals surface area contributed by atoms with E-state index in [9.17, 15) is 0 Å². The van der Waals surface area contributed by atoms with Crippen LogP contribution in [0.15, 0.2) is 152 Å². The summed E-state index contributed by atoms with van der Waals surface area (Å²) in [5, 5.41) is 0. The van der Waals surface area contributed by atoms with Gasteiger partial charge in [0.1, 0.15) is 0 Å². The van der Waals surface area contributed by atoms with Crippen LogP contribution < -0.4 is 4.90 Å². The maximum atomic E-state index is 2.43. The topological polar surface area (TPSA) is 3.24 Å². The maximum absolute atomic E-state index is 2.43. The van der Waals surface area contributed by atoms with E-state index in [4.69, 9.17) is 0 Å². The molecule has 0 bridgehead atoms. The molecule has 0 spiro atoms. The summed E-state index contributed by atoms with van der Waals surface area (Å²) in [6.07, 6.45) is 0. The molecule has 7 rings (SSSR count). The van der Waals surface area contributed by atoms with Gasteiger partial charge in [0.25, 0.3) is 0 Å². The zero-order valence-corrected chi connectivity index (χ0v) is 22.9. The zero-order chi connectivity index (χ0) is 27.1. The Hall–Kier alpha value is -4.88. The highest BCUT2D eigenvalue weighted by molar-refractivity contribution is 5.95. The second kappa shape index (κ2) is 9.70. The summed E-state index contributed by atoms with van der Waals surface area (Å²) in [6, 6.07) is 54.8. The van der Waals surface area contributed by atoms with E-state index in [0.29, 0.717) is 0 Å². The number of hydrogen-bond donors (Lipinski definition) is 0. The summed E-state index contributed by atoms with van der Waals surface area (Å²) in [6.45, 7) is 4.69. The third-order valence-corrected chi connectivity index (χ3v) is 8.27. The van der Waals surface area contributed by atoms with Crippen LogP contribution in [-0.4, -0.2) is 0 Å². The van der Waals surface area contributed by atoms with E-state index in [0.717, 1.165) is 11.4 Å². The summed E-state index contributed by atoms with van der Waals surface area (Å²) < 4.78 is 0. The standard InChI is InChI=1S/C39H31N/c1-39(2)35-20-10-9-19-34(35)38-36(39)21-12-22-37(38)40(32-25-23-30(24-26-32)28-13-5-3-6-14-28)33-18-11-17-31(27-33)29-15-7-4-8-16-29/h3-27H,1-2H3. The second-order valence-corrected chi connectivity index (χ2v) is 11.0. The fraction of sp³-hybridized carbons (Fsp3) is 0.0769. The van der Waals surface area contributed by atoms with E-state index in [-0.39, 0.29) is 5.41 Å². The lowest BCUT2D eigenvalue weighted by molar-refractivity contribution is 0.660. The molecule has 1 heteroatoms. The van der Waals surface area contributed by atoms with Crippen molar-refractivity contribution in [1.82, 2.24) is 0 Å². The number of benzene rings is 6. The van der Waals surface area contributed by atoms with Crippen molar-refractivity contribution in [1.29, 1.82) is 0 Å². The lowest BCUT2D eigenvalue weighted by Crippen LogP contribution is -2.16. The number of rotatable bonds is 5. The van der Waals surface area contributed by atoms with Gasteiger partial charge in [-0.15, -0.1) is 0 Å². The molecule has 192 valence electrons.